The zero-order valence-corrected chi connectivity index (χ0v) is 19.7. The zero-order valence-electron chi connectivity index (χ0n) is 18.9. The lowest BCUT2D eigenvalue weighted by Gasteiger charge is -2.14. The Labute approximate surface area is 195 Å². The molecule has 0 radical (unpaired) electrons. The highest BCUT2D eigenvalue weighted by Crippen LogP contribution is 2.25. The number of aromatic nitrogens is 1. The number of alkyl halides is 2. The minimum atomic E-state index is -3.51. The number of aryl methyl sites for hydroxylation is 1. The van der Waals surface area contributed by atoms with E-state index in [2.05, 4.69) is 4.74 Å². The molecule has 2 aromatic carbocycles. The summed E-state index contributed by atoms with van der Waals surface area (Å²) in [4.78, 5) is 25.5. The number of halogens is 2. The van der Waals surface area contributed by atoms with Gasteiger partial charge in [0.05, 0.1) is 10.5 Å². The average Bonchev–Trinajstić information content (AvgIpc) is 3.06. The Kier molecular flexibility index (Phi) is 7.21. The number of hydrogen-bond donors (Lipinski definition) is 0. The number of esters is 1. The molecule has 0 N–H and O–H groups in total. The van der Waals surface area contributed by atoms with E-state index in [0.29, 0.717) is 22.6 Å². The Morgan fingerprint density at radius 3 is 2.24 bits per heavy atom. The highest BCUT2D eigenvalue weighted by molar-refractivity contribution is 7.90. The van der Waals surface area contributed by atoms with E-state index in [-0.39, 0.29) is 16.2 Å². The lowest BCUT2D eigenvalue weighted by atomic mass is 10.1. The van der Waals surface area contributed by atoms with E-state index >= 15 is 0 Å². The molecule has 1 unspecified atom stereocenters. The number of benzene rings is 2. The summed E-state index contributed by atoms with van der Waals surface area (Å²) in [6.07, 6.45) is -0.108. The predicted octanol–water partition coefficient (Wildman–Crippen LogP) is 4.53. The van der Waals surface area contributed by atoms with E-state index < -0.39 is 34.3 Å². The molecule has 7 nitrogen and oxygen atoms in total. The number of sulfone groups is 1. The minimum absolute atomic E-state index is 0.0120. The van der Waals surface area contributed by atoms with Gasteiger partial charge in [0.2, 0.25) is 5.78 Å². The molecular formula is C24H23F2NO6S. The van der Waals surface area contributed by atoms with Crippen LogP contribution in [0.3, 0.4) is 0 Å². The van der Waals surface area contributed by atoms with Crippen LogP contribution in [0.2, 0.25) is 0 Å². The van der Waals surface area contributed by atoms with Gasteiger partial charge in [0, 0.05) is 28.9 Å². The molecule has 0 amide bonds. The number of ether oxygens (including phenoxy) is 2. The molecule has 180 valence electrons. The maximum atomic E-state index is 13.0. The Balaban J connectivity index is 1.80. The maximum Gasteiger partial charge on any atom is 0.387 e. The monoisotopic (exact) mass is 491 g/mol. The lowest BCUT2D eigenvalue weighted by molar-refractivity contribution is -0.0498. The molecule has 0 aliphatic rings. The van der Waals surface area contributed by atoms with Gasteiger partial charge in [-0.2, -0.15) is 8.78 Å². The number of hydrogen-bond acceptors (Lipinski definition) is 6. The number of nitrogens with zero attached hydrogens (tertiary/aromatic N) is 1. The van der Waals surface area contributed by atoms with Gasteiger partial charge in [-0.3, -0.25) is 4.79 Å². The van der Waals surface area contributed by atoms with Crippen molar-refractivity contribution in [2.75, 3.05) is 6.26 Å². The van der Waals surface area contributed by atoms with Gasteiger partial charge in [0.1, 0.15) is 5.75 Å². The highest BCUT2D eigenvalue weighted by atomic mass is 32.2. The normalized spacial score (nSPS) is 12.4. The first kappa shape index (κ1) is 25.1. The van der Waals surface area contributed by atoms with E-state index in [1.165, 1.54) is 43.3 Å². The average molecular weight is 492 g/mol. The summed E-state index contributed by atoms with van der Waals surface area (Å²) in [5.74, 6) is -1.25. The summed E-state index contributed by atoms with van der Waals surface area (Å²) in [5, 5.41) is 0. The van der Waals surface area contributed by atoms with E-state index in [9.17, 15) is 26.8 Å². The predicted molar refractivity (Wildman–Crippen MR) is 121 cm³/mol. The molecule has 0 bridgehead atoms. The molecule has 1 heterocycles. The van der Waals surface area contributed by atoms with Crippen molar-refractivity contribution in [3.8, 4) is 11.4 Å². The molecule has 10 heteroatoms. The smallest absolute Gasteiger partial charge is 0.387 e. The maximum absolute atomic E-state index is 13.0. The molecule has 3 rings (SSSR count). The fourth-order valence-electron chi connectivity index (χ4n) is 3.54. The first-order valence-corrected chi connectivity index (χ1v) is 12.1. The number of ketones is 1. The van der Waals surface area contributed by atoms with Crippen LogP contribution in [-0.4, -0.2) is 43.7 Å². The third kappa shape index (κ3) is 5.51. The quantitative estimate of drug-likeness (QED) is 0.340. The number of Topliss-reactive ketones (excluding diaryl/α,β-unsaturated/α-hetero) is 1. The highest BCUT2D eigenvalue weighted by Gasteiger charge is 2.25. The zero-order chi connectivity index (χ0) is 25.2. The van der Waals surface area contributed by atoms with Crippen LogP contribution in [0.25, 0.3) is 5.69 Å². The van der Waals surface area contributed by atoms with Crippen molar-refractivity contribution < 1.29 is 36.3 Å². The molecule has 0 aliphatic heterocycles. The second kappa shape index (κ2) is 9.76. The Morgan fingerprint density at radius 1 is 1.00 bits per heavy atom. The lowest BCUT2D eigenvalue weighted by Crippen LogP contribution is -2.25. The van der Waals surface area contributed by atoms with Crippen molar-refractivity contribution in [3.05, 3.63) is 77.1 Å². The van der Waals surface area contributed by atoms with Gasteiger partial charge >= 0.3 is 12.6 Å². The van der Waals surface area contributed by atoms with Crippen molar-refractivity contribution in [2.45, 2.75) is 38.4 Å². The molecule has 0 saturated heterocycles. The Morgan fingerprint density at radius 2 is 1.65 bits per heavy atom. The van der Waals surface area contributed by atoms with Gasteiger partial charge in [0.15, 0.2) is 15.9 Å². The first-order valence-electron chi connectivity index (χ1n) is 10.2. The van der Waals surface area contributed by atoms with Gasteiger partial charge in [0.25, 0.3) is 0 Å². The number of rotatable bonds is 8. The van der Waals surface area contributed by atoms with Crippen LogP contribution >= 0.6 is 0 Å². The third-order valence-corrected chi connectivity index (χ3v) is 6.28. The molecule has 0 spiro atoms. The van der Waals surface area contributed by atoms with Gasteiger partial charge in [-0.05, 0) is 69.3 Å². The molecule has 0 aliphatic carbocycles. The van der Waals surface area contributed by atoms with E-state index in [0.717, 1.165) is 6.26 Å². The summed E-state index contributed by atoms with van der Waals surface area (Å²) in [5.41, 5.74) is 2.27. The standard InChI is InChI=1S/C24H23F2NO6S/c1-14-12-21(15(2)27(14)18-8-10-19(11-9-18)33-24(25)26)22(28)16(3)32-23(29)17-6-5-7-20(13-17)34(4,30)31/h5-13,16,24H,1-4H3. The largest absolute Gasteiger partial charge is 0.451 e. The van der Waals surface area contributed by atoms with Gasteiger partial charge in [-0.1, -0.05) is 6.07 Å². The topological polar surface area (TPSA) is 91.7 Å². The summed E-state index contributed by atoms with van der Waals surface area (Å²) in [7, 11) is -3.51. The fourth-order valence-corrected chi connectivity index (χ4v) is 4.21. The number of carbonyl (C=O) groups excluding carboxylic acids is 2. The molecule has 1 aromatic heterocycles. The van der Waals surface area contributed by atoms with Crippen LogP contribution in [0.1, 0.15) is 39.0 Å². The van der Waals surface area contributed by atoms with Crippen LogP contribution in [0.5, 0.6) is 5.75 Å². The van der Waals surface area contributed by atoms with Crippen LogP contribution < -0.4 is 4.74 Å². The molecular weight excluding hydrogens is 468 g/mol. The third-order valence-electron chi connectivity index (χ3n) is 5.17. The molecule has 0 saturated carbocycles. The Hall–Kier alpha value is -3.53. The van der Waals surface area contributed by atoms with Crippen LogP contribution in [0.15, 0.2) is 59.5 Å². The van der Waals surface area contributed by atoms with E-state index in [4.69, 9.17) is 4.74 Å². The SMILES string of the molecule is Cc1cc(C(=O)C(C)OC(=O)c2cccc(S(C)(=O)=O)c2)c(C)n1-c1ccc(OC(F)F)cc1. The van der Waals surface area contributed by atoms with Crippen molar-refractivity contribution >= 4 is 21.6 Å². The summed E-state index contributed by atoms with van der Waals surface area (Å²) < 4.78 is 59.7. The molecule has 3 aromatic rings. The molecule has 1 atom stereocenters. The van der Waals surface area contributed by atoms with Gasteiger partial charge < -0.3 is 14.0 Å². The molecule has 0 fully saturated rings. The van der Waals surface area contributed by atoms with Gasteiger partial charge in [-0.25, -0.2) is 13.2 Å². The van der Waals surface area contributed by atoms with E-state index in [1.807, 2.05) is 0 Å². The second-order valence-corrected chi connectivity index (χ2v) is 9.72. The summed E-state index contributed by atoms with van der Waals surface area (Å²) in [6, 6.07) is 13.0. The van der Waals surface area contributed by atoms with Crippen molar-refractivity contribution in [1.29, 1.82) is 0 Å². The van der Waals surface area contributed by atoms with Crippen LogP contribution in [0.4, 0.5) is 8.78 Å². The van der Waals surface area contributed by atoms with Crippen molar-refractivity contribution in [3.63, 3.8) is 0 Å². The van der Waals surface area contributed by atoms with Crippen molar-refractivity contribution in [1.82, 2.24) is 4.57 Å². The van der Waals surface area contributed by atoms with Gasteiger partial charge in [-0.15, -0.1) is 0 Å². The second-order valence-electron chi connectivity index (χ2n) is 7.70. The Bertz CT molecular complexity index is 1330. The first-order chi connectivity index (χ1) is 15.9. The van der Waals surface area contributed by atoms with Crippen LogP contribution in [0, 0.1) is 13.8 Å². The van der Waals surface area contributed by atoms with Crippen molar-refractivity contribution in [2.24, 2.45) is 0 Å². The summed E-state index contributed by atoms with van der Waals surface area (Å²) >= 11 is 0. The fraction of sp³-hybridized carbons (Fsp3) is 0.250. The van der Waals surface area contributed by atoms with Crippen LogP contribution in [-0.2, 0) is 14.6 Å². The van der Waals surface area contributed by atoms with E-state index in [1.54, 1.807) is 36.6 Å². The number of carbonyl (C=O) groups is 2. The minimum Gasteiger partial charge on any atom is -0.451 e. The summed E-state index contributed by atoms with van der Waals surface area (Å²) in [6.45, 7) is 2.00. The molecule has 34 heavy (non-hydrogen) atoms.